The summed E-state index contributed by atoms with van der Waals surface area (Å²) in [7, 11) is -0.386. The van der Waals surface area contributed by atoms with Crippen LogP contribution in [0.15, 0.2) is 102 Å². The van der Waals surface area contributed by atoms with Crippen molar-refractivity contribution in [1.82, 2.24) is 9.80 Å². The topological polar surface area (TPSA) is 59.1 Å². The van der Waals surface area contributed by atoms with Crippen molar-refractivity contribution in [3.05, 3.63) is 135 Å². The Labute approximate surface area is 301 Å². The normalized spacial score (nSPS) is 20.3. The van der Waals surface area contributed by atoms with Gasteiger partial charge in [-0.1, -0.05) is 84.0 Å². The molecule has 0 aliphatic carbocycles. The van der Waals surface area contributed by atoms with Crippen molar-refractivity contribution in [1.29, 1.82) is 0 Å². The van der Waals surface area contributed by atoms with Gasteiger partial charge in [0.05, 0.1) is 23.3 Å². The number of benzene rings is 4. The number of carbonyl (C=O) groups excluding carboxylic acids is 2. The lowest BCUT2D eigenvalue weighted by molar-refractivity contribution is 0.00578. The maximum absolute atomic E-state index is 13.0. The van der Waals surface area contributed by atoms with Gasteiger partial charge in [-0.05, 0) is 118 Å². The summed E-state index contributed by atoms with van der Waals surface area (Å²) >= 11 is 3.52. The molecule has 0 aromatic heterocycles. The fourth-order valence-electron chi connectivity index (χ4n) is 6.79. The van der Waals surface area contributed by atoms with Gasteiger partial charge in [0.1, 0.15) is 0 Å². The Morgan fingerprint density at radius 2 is 1.10 bits per heavy atom. The molecule has 7 rings (SSSR count). The second-order valence-corrected chi connectivity index (χ2v) is 14.9. The first-order valence-electron chi connectivity index (χ1n) is 16.8. The van der Waals surface area contributed by atoms with Crippen LogP contribution in [0.4, 0.5) is 0 Å². The van der Waals surface area contributed by atoms with Gasteiger partial charge in [-0.15, -0.1) is 0 Å². The summed E-state index contributed by atoms with van der Waals surface area (Å²) in [6.45, 7) is 14.0. The van der Waals surface area contributed by atoms with E-state index in [0.29, 0.717) is 0 Å². The molecule has 3 aliphatic rings. The molecule has 3 aliphatic heterocycles. The van der Waals surface area contributed by atoms with Crippen molar-refractivity contribution in [3.8, 4) is 0 Å². The Hall–Kier alpha value is -3.72. The molecule has 49 heavy (non-hydrogen) atoms. The van der Waals surface area contributed by atoms with E-state index in [1.807, 2.05) is 70.5 Å². The van der Waals surface area contributed by atoms with Crippen LogP contribution in [0, 0.1) is 0 Å². The second-order valence-electron chi connectivity index (χ2n) is 14.0. The lowest BCUT2D eigenvalue weighted by atomic mass is 9.76. The molecule has 2 amide bonds. The highest BCUT2D eigenvalue weighted by atomic mass is 79.9. The highest BCUT2D eigenvalue weighted by Gasteiger charge is 2.52. The zero-order chi connectivity index (χ0) is 34.2. The van der Waals surface area contributed by atoms with Gasteiger partial charge >= 0.3 is 7.12 Å². The highest BCUT2D eigenvalue weighted by Crippen LogP contribution is 2.37. The largest absolute Gasteiger partial charge is 0.494 e. The van der Waals surface area contributed by atoms with Crippen LogP contribution in [0.3, 0.4) is 0 Å². The average Bonchev–Trinajstić information content (AvgIpc) is 3.31. The number of fused-ring (bicyclic) bond motifs is 2. The molecule has 0 saturated carbocycles. The number of hydrogen-bond donors (Lipinski definition) is 0. The third kappa shape index (κ3) is 7.42. The van der Waals surface area contributed by atoms with Crippen molar-refractivity contribution in [3.63, 3.8) is 0 Å². The van der Waals surface area contributed by atoms with E-state index in [0.717, 1.165) is 47.0 Å². The average molecular weight is 724 g/mol. The molecule has 256 valence electrons. The minimum absolute atomic E-state index is 0. The molecule has 8 heteroatoms. The third-order valence-corrected chi connectivity index (χ3v) is 10.9. The molecular weight excluding hydrogens is 675 g/mol. The van der Waals surface area contributed by atoms with Gasteiger partial charge in [-0.3, -0.25) is 9.59 Å². The van der Waals surface area contributed by atoms with Gasteiger partial charge in [-0.25, -0.2) is 0 Å². The molecule has 1 saturated heterocycles. The van der Waals surface area contributed by atoms with Gasteiger partial charge in [0, 0.05) is 28.7 Å². The quantitative estimate of drug-likeness (QED) is 0.199. The number of hydrogen-bond acceptors (Lipinski definition) is 4. The van der Waals surface area contributed by atoms with Gasteiger partial charge in [0.25, 0.3) is 11.8 Å². The maximum atomic E-state index is 13.0. The minimum Gasteiger partial charge on any atom is -0.399 e. The van der Waals surface area contributed by atoms with Crippen LogP contribution in [0.1, 0.15) is 104 Å². The van der Waals surface area contributed by atoms with Crippen molar-refractivity contribution in [2.75, 3.05) is 13.1 Å². The van der Waals surface area contributed by atoms with Crippen molar-refractivity contribution < 1.29 is 18.9 Å². The molecule has 0 unspecified atom stereocenters. The van der Waals surface area contributed by atoms with Crippen molar-refractivity contribution in [2.24, 2.45) is 0 Å². The molecule has 4 aromatic rings. The van der Waals surface area contributed by atoms with E-state index in [9.17, 15) is 9.59 Å². The van der Waals surface area contributed by atoms with Crippen LogP contribution in [0.5, 0.6) is 0 Å². The fourth-order valence-corrected chi connectivity index (χ4v) is 7.17. The van der Waals surface area contributed by atoms with E-state index in [1.165, 1.54) is 22.3 Å². The van der Waals surface area contributed by atoms with E-state index in [-0.39, 0.29) is 49.6 Å². The summed E-state index contributed by atoms with van der Waals surface area (Å²) in [5.74, 6) is 0.198. The van der Waals surface area contributed by atoms with Crippen LogP contribution in [0.2, 0.25) is 0 Å². The first-order valence-corrected chi connectivity index (χ1v) is 17.6. The van der Waals surface area contributed by atoms with Gasteiger partial charge in [0.15, 0.2) is 0 Å². The molecule has 2 atom stereocenters. The van der Waals surface area contributed by atoms with Crippen LogP contribution in [-0.4, -0.2) is 53.0 Å². The number of carbonyl (C=O) groups is 2. The minimum atomic E-state index is -0.386. The van der Waals surface area contributed by atoms with Crippen LogP contribution < -0.4 is 5.46 Å². The SMILES string of the molecule is C.C[C@H]1c2cc(B3OC(C)(C)C(C)(C)O3)ccc2CCN1C(=O)c1ccccc1.C[C@H]1c2cc(Br)ccc2CCN1C(=O)c1ccccc1. The van der Waals surface area contributed by atoms with Crippen molar-refractivity contribution >= 4 is 40.3 Å². The van der Waals surface area contributed by atoms with Crippen LogP contribution in [-0.2, 0) is 22.2 Å². The summed E-state index contributed by atoms with van der Waals surface area (Å²) in [6.07, 6.45) is 1.79. The van der Waals surface area contributed by atoms with Crippen LogP contribution >= 0.6 is 15.9 Å². The summed E-state index contributed by atoms with van der Waals surface area (Å²) in [4.78, 5) is 29.6. The standard InChI is InChI=1S/C23H28BNO3.C17H16BrNO.CH4/c1-16-20-15-19(24-27-22(2,3)23(4,5)28-24)12-11-17(20)13-14-25(16)21(26)18-9-7-6-8-10-18;1-12-16-11-15(18)8-7-13(16)9-10-19(12)17(20)14-5-3-2-4-6-14;/h6-12,15-16H,13-14H2,1-5H3;2-8,11-12H,9-10H2,1H3;1H4/t16-;12-;/m00./s1. The Morgan fingerprint density at radius 3 is 1.57 bits per heavy atom. The molecule has 3 heterocycles. The Balaban J connectivity index is 0.000000197. The van der Waals surface area contributed by atoms with Crippen LogP contribution in [0.25, 0.3) is 0 Å². The molecule has 0 radical (unpaired) electrons. The summed E-state index contributed by atoms with van der Waals surface area (Å²) in [5.41, 5.74) is 6.85. The predicted molar refractivity (Wildman–Crippen MR) is 202 cm³/mol. The van der Waals surface area contributed by atoms with Gasteiger partial charge in [0.2, 0.25) is 0 Å². The Morgan fingerprint density at radius 1 is 0.673 bits per heavy atom. The molecular formula is C41H48BBrN2O4. The van der Waals surface area contributed by atoms with E-state index < -0.39 is 0 Å². The monoisotopic (exact) mass is 722 g/mol. The highest BCUT2D eigenvalue weighted by molar-refractivity contribution is 9.10. The molecule has 4 aromatic carbocycles. The summed E-state index contributed by atoms with van der Waals surface area (Å²) < 4.78 is 13.5. The number of halogens is 1. The first kappa shape index (κ1) is 36.6. The lowest BCUT2D eigenvalue weighted by Crippen LogP contribution is -2.41. The third-order valence-electron chi connectivity index (χ3n) is 10.4. The zero-order valence-electron chi connectivity index (χ0n) is 28.7. The molecule has 0 bridgehead atoms. The predicted octanol–water partition coefficient (Wildman–Crippen LogP) is 8.59. The number of amides is 2. The van der Waals surface area contributed by atoms with E-state index in [4.69, 9.17) is 9.31 Å². The smallest absolute Gasteiger partial charge is 0.399 e. The van der Waals surface area contributed by atoms with Crippen molar-refractivity contribution in [2.45, 2.75) is 85.1 Å². The van der Waals surface area contributed by atoms with E-state index >= 15 is 0 Å². The van der Waals surface area contributed by atoms with E-state index in [2.05, 4.69) is 93.9 Å². The Kier molecular flexibility index (Phi) is 10.9. The first-order chi connectivity index (χ1) is 22.9. The number of rotatable bonds is 3. The molecule has 1 fully saturated rings. The number of nitrogens with zero attached hydrogens (tertiary/aromatic N) is 2. The van der Waals surface area contributed by atoms with Gasteiger partial charge in [-0.2, -0.15) is 0 Å². The summed E-state index contributed by atoms with van der Waals surface area (Å²) in [6, 6.07) is 31.9. The molecule has 6 nitrogen and oxygen atoms in total. The second kappa shape index (κ2) is 14.6. The summed E-state index contributed by atoms with van der Waals surface area (Å²) in [5, 5.41) is 0. The Bertz CT molecular complexity index is 1780. The van der Waals surface area contributed by atoms with Gasteiger partial charge < -0.3 is 19.1 Å². The zero-order valence-corrected chi connectivity index (χ0v) is 30.3. The molecule has 0 spiro atoms. The maximum Gasteiger partial charge on any atom is 0.494 e. The fraction of sp³-hybridized carbons (Fsp3) is 0.366. The molecule has 0 N–H and O–H groups in total. The van der Waals surface area contributed by atoms with E-state index in [1.54, 1.807) is 0 Å². The lowest BCUT2D eigenvalue weighted by Gasteiger charge is -2.35.